The normalized spacial score (nSPS) is 14.0. The molecular formula is C82H160O17P2. The van der Waals surface area contributed by atoms with Gasteiger partial charge in [-0.15, -0.1) is 0 Å². The van der Waals surface area contributed by atoms with E-state index in [9.17, 15) is 43.2 Å². The predicted octanol–water partition coefficient (Wildman–Crippen LogP) is 24.5. The summed E-state index contributed by atoms with van der Waals surface area (Å²) in [6.45, 7) is 11.9. The van der Waals surface area contributed by atoms with E-state index in [0.29, 0.717) is 25.7 Å². The topological polar surface area (TPSA) is 237 Å². The van der Waals surface area contributed by atoms with Crippen LogP contribution in [0.25, 0.3) is 0 Å². The number of unbranched alkanes of at least 4 members (excludes halogenated alkanes) is 48. The van der Waals surface area contributed by atoms with Crippen molar-refractivity contribution in [2.75, 3.05) is 39.6 Å². The number of ether oxygens (including phenoxy) is 4. The van der Waals surface area contributed by atoms with Gasteiger partial charge in [0.2, 0.25) is 0 Å². The minimum atomic E-state index is -4.96. The van der Waals surface area contributed by atoms with Gasteiger partial charge in [0.1, 0.15) is 19.3 Å². The Labute approximate surface area is 619 Å². The smallest absolute Gasteiger partial charge is 0.462 e. The van der Waals surface area contributed by atoms with Crippen LogP contribution in [0.15, 0.2) is 0 Å². The van der Waals surface area contributed by atoms with Crippen LogP contribution in [0.3, 0.4) is 0 Å². The number of carbonyl (C=O) groups is 4. The lowest BCUT2D eigenvalue weighted by Crippen LogP contribution is -2.30. The highest BCUT2D eigenvalue weighted by Gasteiger charge is 2.30. The first kappa shape index (κ1) is 99.1. The van der Waals surface area contributed by atoms with E-state index in [1.54, 1.807) is 0 Å². The maximum absolute atomic E-state index is 13.1. The Morgan fingerprint density at radius 3 is 0.673 bits per heavy atom. The average Bonchev–Trinajstić information content (AvgIpc) is 0.944. The Hall–Kier alpha value is -1.94. The molecule has 0 aliphatic heterocycles. The van der Waals surface area contributed by atoms with Gasteiger partial charge in [0, 0.05) is 25.7 Å². The van der Waals surface area contributed by atoms with Gasteiger partial charge in [-0.3, -0.25) is 37.3 Å². The Bertz CT molecular complexity index is 1960. The first-order chi connectivity index (χ1) is 48.7. The molecule has 0 bridgehead atoms. The van der Waals surface area contributed by atoms with Crippen LogP contribution in [-0.4, -0.2) is 96.7 Å². The molecule has 0 spiro atoms. The molecule has 2 unspecified atom stereocenters. The second-order valence-corrected chi connectivity index (χ2v) is 33.8. The molecular weight excluding hydrogens is 1320 g/mol. The van der Waals surface area contributed by atoms with Crippen molar-refractivity contribution in [1.29, 1.82) is 0 Å². The number of phosphoric acid groups is 2. The van der Waals surface area contributed by atoms with Crippen LogP contribution in [0.2, 0.25) is 0 Å². The molecule has 0 aromatic rings. The van der Waals surface area contributed by atoms with Crippen molar-refractivity contribution < 1.29 is 80.2 Å². The molecule has 101 heavy (non-hydrogen) atoms. The molecule has 0 fully saturated rings. The molecule has 0 aliphatic rings. The number of aliphatic hydroxyl groups is 1. The van der Waals surface area contributed by atoms with Crippen LogP contribution in [0.5, 0.6) is 0 Å². The fourth-order valence-corrected chi connectivity index (χ4v) is 14.2. The van der Waals surface area contributed by atoms with E-state index >= 15 is 0 Å². The standard InChI is InChI=1S/C82H160O17P2/c1-8-9-10-11-12-13-14-15-16-17-18-19-20-21-22-23-24-25-37-44-51-58-65-81(86)98-77(69-92-79(84)63-56-49-42-35-29-26-32-39-46-53-60-73(2)3)71-96-100(88,89)94-67-76(83)68-95-101(90,91)97-72-78(99-82(87)66-59-52-45-38-31-28-34-41-48-55-62-75(6)7)70-93-80(85)64-57-50-43-36-30-27-33-40-47-54-61-74(4)5/h73-78,83H,8-72H2,1-7H3,(H,88,89)(H,90,91)/t76-,77-,78-/m1/s1. The van der Waals surface area contributed by atoms with Gasteiger partial charge in [0.25, 0.3) is 0 Å². The zero-order valence-corrected chi connectivity index (χ0v) is 68.2. The highest BCUT2D eigenvalue weighted by Crippen LogP contribution is 2.45. The predicted molar refractivity (Wildman–Crippen MR) is 414 cm³/mol. The second kappa shape index (κ2) is 72.3. The number of aliphatic hydroxyl groups excluding tert-OH is 1. The van der Waals surface area contributed by atoms with Crippen molar-refractivity contribution in [3.63, 3.8) is 0 Å². The molecule has 5 atom stereocenters. The molecule has 0 heterocycles. The fraction of sp³-hybridized carbons (Fsp3) is 0.951. The molecule has 0 rings (SSSR count). The third-order valence-electron chi connectivity index (χ3n) is 19.1. The van der Waals surface area contributed by atoms with Crippen molar-refractivity contribution in [2.24, 2.45) is 17.8 Å². The van der Waals surface area contributed by atoms with E-state index in [1.807, 2.05) is 0 Å². The molecule has 600 valence electrons. The van der Waals surface area contributed by atoms with Gasteiger partial charge < -0.3 is 33.8 Å². The van der Waals surface area contributed by atoms with Gasteiger partial charge in [-0.2, -0.15) is 0 Å². The van der Waals surface area contributed by atoms with E-state index in [4.69, 9.17) is 37.0 Å². The summed E-state index contributed by atoms with van der Waals surface area (Å²) in [5, 5.41) is 10.6. The lowest BCUT2D eigenvalue weighted by molar-refractivity contribution is -0.161. The lowest BCUT2D eigenvalue weighted by Gasteiger charge is -2.21. The van der Waals surface area contributed by atoms with Gasteiger partial charge in [0.15, 0.2) is 12.2 Å². The van der Waals surface area contributed by atoms with E-state index in [2.05, 4.69) is 48.5 Å². The number of phosphoric ester groups is 2. The fourth-order valence-electron chi connectivity index (χ4n) is 12.7. The summed E-state index contributed by atoms with van der Waals surface area (Å²) in [5.41, 5.74) is 0. The van der Waals surface area contributed by atoms with E-state index in [0.717, 1.165) is 108 Å². The van der Waals surface area contributed by atoms with E-state index in [-0.39, 0.29) is 25.7 Å². The molecule has 0 radical (unpaired) electrons. The first-order valence-corrected chi connectivity index (χ1v) is 45.3. The monoisotopic (exact) mass is 1480 g/mol. The zero-order valence-electron chi connectivity index (χ0n) is 66.4. The number of esters is 4. The Balaban J connectivity index is 5.22. The van der Waals surface area contributed by atoms with Gasteiger partial charge in [-0.1, -0.05) is 376 Å². The van der Waals surface area contributed by atoms with Gasteiger partial charge in [-0.25, -0.2) is 9.13 Å². The molecule has 0 aliphatic carbocycles. The van der Waals surface area contributed by atoms with E-state index < -0.39 is 97.5 Å². The number of hydrogen-bond donors (Lipinski definition) is 3. The minimum absolute atomic E-state index is 0.106. The van der Waals surface area contributed by atoms with Crippen molar-refractivity contribution >= 4 is 39.5 Å². The Morgan fingerprint density at radius 2 is 0.455 bits per heavy atom. The van der Waals surface area contributed by atoms with Crippen molar-refractivity contribution in [3.8, 4) is 0 Å². The first-order valence-electron chi connectivity index (χ1n) is 42.3. The summed E-state index contributed by atoms with van der Waals surface area (Å²) in [4.78, 5) is 73.1. The van der Waals surface area contributed by atoms with Gasteiger partial charge >= 0.3 is 39.5 Å². The van der Waals surface area contributed by atoms with Gasteiger partial charge in [0.05, 0.1) is 26.4 Å². The maximum Gasteiger partial charge on any atom is 0.472 e. The third-order valence-corrected chi connectivity index (χ3v) is 21.0. The quantitative estimate of drug-likeness (QED) is 0.0222. The molecule has 3 N–H and O–H groups in total. The summed E-state index contributed by atoms with van der Waals surface area (Å²) in [6.07, 6.45) is 61.2. The number of hydrogen-bond acceptors (Lipinski definition) is 15. The molecule has 19 heteroatoms. The minimum Gasteiger partial charge on any atom is -0.462 e. The van der Waals surface area contributed by atoms with Crippen LogP contribution in [0, 0.1) is 17.8 Å². The SMILES string of the molecule is CCCCCCCCCCCCCCCCCCCCCCCCC(=O)O[C@H](COC(=O)CCCCCCCCCCCCC(C)C)COP(=O)(O)OC[C@@H](O)COP(=O)(O)OC[C@@H](COC(=O)CCCCCCCCCCCCC(C)C)OC(=O)CCCCCCCCCCCCC(C)C. The molecule has 0 saturated carbocycles. The Morgan fingerprint density at radius 1 is 0.267 bits per heavy atom. The summed E-state index contributed by atoms with van der Waals surface area (Å²) < 4.78 is 68.7. The largest absolute Gasteiger partial charge is 0.472 e. The van der Waals surface area contributed by atoms with Crippen LogP contribution in [-0.2, 0) is 65.4 Å². The molecule has 0 aromatic carbocycles. The number of carbonyl (C=O) groups excluding carboxylic acids is 4. The van der Waals surface area contributed by atoms with Crippen LogP contribution in [0.4, 0.5) is 0 Å². The third kappa shape index (κ3) is 76.1. The van der Waals surface area contributed by atoms with Crippen LogP contribution in [0.1, 0.15) is 427 Å². The van der Waals surface area contributed by atoms with Crippen molar-refractivity contribution in [2.45, 2.75) is 446 Å². The summed E-state index contributed by atoms with van der Waals surface area (Å²) in [7, 11) is -9.92. The maximum atomic E-state index is 13.1. The average molecular weight is 1480 g/mol. The molecule has 0 aromatic heterocycles. The van der Waals surface area contributed by atoms with Crippen LogP contribution >= 0.6 is 15.6 Å². The molecule has 17 nitrogen and oxygen atoms in total. The second-order valence-electron chi connectivity index (χ2n) is 30.9. The zero-order chi connectivity index (χ0) is 74.4. The van der Waals surface area contributed by atoms with Crippen LogP contribution < -0.4 is 0 Å². The van der Waals surface area contributed by atoms with Crippen molar-refractivity contribution in [1.82, 2.24) is 0 Å². The van der Waals surface area contributed by atoms with Gasteiger partial charge in [-0.05, 0) is 43.4 Å². The summed E-state index contributed by atoms with van der Waals surface area (Å²) in [5.74, 6) is 0.157. The highest BCUT2D eigenvalue weighted by molar-refractivity contribution is 7.47. The number of rotatable bonds is 80. The summed E-state index contributed by atoms with van der Waals surface area (Å²) in [6, 6.07) is 0. The lowest BCUT2D eigenvalue weighted by atomic mass is 10.0. The van der Waals surface area contributed by atoms with Crippen molar-refractivity contribution in [3.05, 3.63) is 0 Å². The summed E-state index contributed by atoms with van der Waals surface area (Å²) >= 11 is 0. The molecule has 0 saturated heterocycles. The van der Waals surface area contributed by atoms with E-state index in [1.165, 1.54) is 238 Å². The highest BCUT2D eigenvalue weighted by atomic mass is 31.2. The molecule has 0 amide bonds. The Kier molecular flexibility index (Phi) is 70.9.